The van der Waals surface area contributed by atoms with E-state index in [2.05, 4.69) is 9.71 Å². The molecule has 5 rings (SSSR count). The van der Waals surface area contributed by atoms with Gasteiger partial charge in [-0.1, -0.05) is 45.9 Å². The molecule has 0 saturated carbocycles. The van der Waals surface area contributed by atoms with E-state index >= 15 is 0 Å². The number of likely N-dealkylation sites (N-methyl/N-ethyl adjacent to an activating group) is 2. The molecule has 6 N–H and O–H groups in total. The topological polar surface area (TPSA) is 230 Å². The second kappa shape index (κ2) is 21.7. The summed E-state index contributed by atoms with van der Waals surface area (Å²) in [5, 5.41) is 60.5. The number of methoxy groups -OCH3 is 1. The number of benzene rings is 1. The summed E-state index contributed by atoms with van der Waals surface area (Å²) in [5.41, 5.74) is -4.18. The zero-order valence-electron chi connectivity index (χ0n) is 41.3. The maximum absolute atomic E-state index is 14.6. The van der Waals surface area contributed by atoms with E-state index in [1.54, 1.807) is 79.1 Å². The van der Waals surface area contributed by atoms with E-state index in [-0.39, 0.29) is 43.2 Å². The summed E-state index contributed by atoms with van der Waals surface area (Å²) in [7, 11) is 1.19. The first-order chi connectivity index (χ1) is 30.7. The van der Waals surface area contributed by atoms with Crippen LogP contribution in [0.5, 0.6) is 0 Å². The van der Waals surface area contributed by atoms with Crippen molar-refractivity contribution in [2.45, 2.75) is 184 Å². The van der Waals surface area contributed by atoms with Gasteiger partial charge in [-0.05, 0) is 98.9 Å². The number of nitrogens with zero attached hydrogens (tertiary/aromatic N) is 3. The first-order valence-electron chi connectivity index (χ1n) is 23.6. The minimum absolute atomic E-state index is 0.0290. The number of nitrogens with one attached hydrogen (secondary N) is 1. The van der Waals surface area contributed by atoms with Gasteiger partial charge in [0.1, 0.15) is 34.9 Å². The fraction of sp³-hybridized carbons (Fsp3) is 0.792. The molecule has 0 aliphatic carbocycles. The molecule has 1 aromatic heterocycles. The summed E-state index contributed by atoms with van der Waals surface area (Å²) in [5.74, 6) is -3.31. The average molecular weight is 953 g/mol. The number of pyridine rings is 1. The number of sulfonamides is 1. The number of carbonyl (C=O) groups is 1. The molecule has 3 aliphatic heterocycles. The summed E-state index contributed by atoms with van der Waals surface area (Å²) in [6.07, 6.45) is -6.45. The fourth-order valence-electron chi connectivity index (χ4n) is 11.1. The van der Waals surface area contributed by atoms with Crippen molar-refractivity contribution < 1.29 is 62.4 Å². The van der Waals surface area contributed by atoms with E-state index in [1.165, 1.54) is 20.1 Å². The number of ether oxygens (including phenoxy) is 5. The molecule has 66 heavy (non-hydrogen) atoms. The zero-order valence-corrected chi connectivity index (χ0v) is 42.1. The van der Waals surface area contributed by atoms with Crippen molar-refractivity contribution in [3.63, 3.8) is 0 Å². The first-order valence-corrected chi connectivity index (χ1v) is 25.1. The Morgan fingerprint density at radius 1 is 0.985 bits per heavy atom. The van der Waals surface area contributed by atoms with Crippen LogP contribution in [0, 0.1) is 23.7 Å². The molecule has 0 amide bonds. The quantitative estimate of drug-likeness (QED) is 0.178. The van der Waals surface area contributed by atoms with Crippen LogP contribution in [0.15, 0.2) is 41.4 Å². The van der Waals surface area contributed by atoms with Crippen molar-refractivity contribution in [1.29, 1.82) is 0 Å². The maximum Gasteiger partial charge on any atom is 0.309 e. The summed E-state index contributed by atoms with van der Waals surface area (Å²) >= 11 is 0. The fourth-order valence-corrected chi connectivity index (χ4v) is 12.3. The lowest BCUT2D eigenvalue weighted by atomic mass is 9.68. The highest BCUT2D eigenvalue weighted by atomic mass is 32.2. The van der Waals surface area contributed by atoms with Gasteiger partial charge in [0.25, 0.3) is 0 Å². The number of para-hydroxylation sites is 1. The van der Waals surface area contributed by atoms with Gasteiger partial charge in [0.15, 0.2) is 6.29 Å². The van der Waals surface area contributed by atoms with E-state index in [9.17, 15) is 38.7 Å². The maximum atomic E-state index is 14.6. The van der Waals surface area contributed by atoms with Crippen LogP contribution in [0.4, 0.5) is 0 Å². The number of esters is 1. The van der Waals surface area contributed by atoms with E-state index in [4.69, 9.17) is 23.7 Å². The van der Waals surface area contributed by atoms with Gasteiger partial charge in [-0.15, -0.1) is 0 Å². The molecule has 2 aromatic rings. The van der Waals surface area contributed by atoms with Crippen molar-refractivity contribution >= 4 is 26.9 Å². The van der Waals surface area contributed by atoms with Gasteiger partial charge in [0, 0.05) is 62.7 Å². The predicted molar refractivity (Wildman–Crippen MR) is 249 cm³/mol. The standard InChI is InChI=1S/C48H80N4O13S/c1-14-37-48(10,58)41(54)31(6)52(12)26-27(2)24-46(8,57)43(29(4)38(30(5)44(56)64-37)35-25-47(9,61-13)42(55)32(7)63-35)65-45-40(53)34(23-28(3)62-45)51(11)22-21-50-66(59,60)36-19-15-17-33-18-16-20-49-39(33)36/h15-20,27-32,34-35,37-38,40-43,45,50,53-55,57-58H,14,21-26H2,1-13H3/t27-,28-,29+,30-,31-,32+,34+,35?,37-,38+,40-,41-,42+,43-,45+,46-,47-,48-/m1/s1. The van der Waals surface area contributed by atoms with Gasteiger partial charge < -0.3 is 54.1 Å². The predicted octanol–water partition coefficient (Wildman–Crippen LogP) is 3.07. The molecular formula is C48H80N4O13S. The van der Waals surface area contributed by atoms with Crippen molar-refractivity contribution in [3.05, 3.63) is 36.5 Å². The number of carbonyl (C=O) groups excluding carboxylic acids is 1. The van der Waals surface area contributed by atoms with Gasteiger partial charge in [0.2, 0.25) is 10.0 Å². The van der Waals surface area contributed by atoms with Gasteiger partial charge in [-0.2, -0.15) is 0 Å². The number of hydrogen-bond donors (Lipinski definition) is 6. The van der Waals surface area contributed by atoms with Crippen molar-refractivity contribution in [3.8, 4) is 0 Å². The van der Waals surface area contributed by atoms with Crippen LogP contribution >= 0.6 is 0 Å². The molecule has 18 atom stereocenters. The minimum atomic E-state index is -3.94. The van der Waals surface area contributed by atoms with Gasteiger partial charge in [-0.3, -0.25) is 14.7 Å². The van der Waals surface area contributed by atoms with Crippen LogP contribution < -0.4 is 4.72 Å². The Balaban J connectivity index is 1.49. The Morgan fingerprint density at radius 2 is 1.65 bits per heavy atom. The molecule has 3 fully saturated rings. The van der Waals surface area contributed by atoms with Crippen LogP contribution in [0.1, 0.15) is 94.9 Å². The molecule has 1 unspecified atom stereocenters. The lowest BCUT2D eigenvalue weighted by Crippen LogP contribution is -2.62. The Labute approximate surface area is 392 Å². The number of aliphatic hydroxyl groups excluding tert-OH is 3. The Kier molecular flexibility index (Phi) is 17.9. The van der Waals surface area contributed by atoms with Gasteiger partial charge in [-0.25, -0.2) is 13.1 Å². The highest BCUT2D eigenvalue weighted by molar-refractivity contribution is 7.89. The van der Waals surface area contributed by atoms with E-state index in [0.29, 0.717) is 23.9 Å². The molecule has 376 valence electrons. The molecule has 3 aliphatic rings. The number of hydrogen-bond acceptors (Lipinski definition) is 16. The highest BCUT2D eigenvalue weighted by Gasteiger charge is 2.55. The second-order valence-corrected chi connectivity index (χ2v) is 22.2. The monoisotopic (exact) mass is 953 g/mol. The molecule has 1 aromatic carbocycles. The third-order valence-corrected chi connectivity index (χ3v) is 16.6. The molecule has 3 saturated heterocycles. The molecule has 0 radical (unpaired) electrons. The van der Waals surface area contributed by atoms with Crippen LogP contribution in [-0.2, 0) is 38.5 Å². The summed E-state index contributed by atoms with van der Waals surface area (Å²) in [6, 6.07) is 7.40. The van der Waals surface area contributed by atoms with E-state index < -0.39 is 118 Å². The van der Waals surface area contributed by atoms with Gasteiger partial charge >= 0.3 is 5.97 Å². The summed E-state index contributed by atoms with van der Waals surface area (Å²) in [6.45, 7) is 18.3. The molecule has 4 heterocycles. The minimum Gasteiger partial charge on any atom is -0.459 e. The van der Waals surface area contributed by atoms with Crippen molar-refractivity contribution in [2.24, 2.45) is 23.7 Å². The average Bonchev–Trinajstić information content (AvgIpc) is 3.25. The van der Waals surface area contributed by atoms with Crippen LogP contribution in [0.2, 0.25) is 0 Å². The zero-order chi connectivity index (χ0) is 49.3. The number of cyclic esters (lactones) is 1. The molecule has 0 bridgehead atoms. The highest BCUT2D eigenvalue weighted by Crippen LogP contribution is 2.45. The number of fused-ring (bicyclic) bond motifs is 1. The summed E-state index contributed by atoms with van der Waals surface area (Å²) < 4.78 is 61.7. The van der Waals surface area contributed by atoms with Crippen LogP contribution in [0.3, 0.4) is 0 Å². The van der Waals surface area contributed by atoms with Crippen LogP contribution in [0.25, 0.3) is 10.9 Å². The van der Waals surface area contributed by atoms with Crippen molar-refractivity contribution in [2.75, 3.05) is 40.8 Å². The molecule has 18 heteroatoms. The Hall–Kier alpha value is -2.43. The van der Waals surface area contributed by atoms with E-state index in [1.807, 2.05) is 37.6 Å². The largest absolute Gasteiger partial charge is 0.459 e. The molecule has 0 spiro atoms. The lowest BCUT2D eigenvalue weighted by molar-refractivity contribution is -0.302. The smallest absolute Gasteiger partial charge is 0.309 e. The summed E-state index contributed by atoms with van der Waals surface area (Å²) in [4.78, 5) is 22.7. The second-order valence-electron chi connectivity index (χ2n) is 20.5. The third kappa shape index (κ3) is 11.8. The molecular weight excluding hydrogens is 873 g/mol. The lowest BCUT2D eigenvalue weighted by Gasteiger charge is -2.51. The van der Waals surface area contributed by atoms with Crippen LogP contribution in [-0.4, -0.2) is 180 Å². The Morgan fingerprint density at radius 3 is 2.30 bits per heavy atom. The SMILES string of the molecule is CC[C@H]1OC(=O)[C@H](C)[C@@H](C2C[C@@](C)(OC)[C@@H](O)[C@H](C)O2)[C@H](C)[C@@H](O[C@@H]2O[C@H](C)C[C@H](N(C)CCNS(=O)(=O)c3cccc4cccnc34)[C@H]2O)[C@](C)(O)C[C@@H](C)CN(C)[C@H](C)[C@@H](O)[C@]1(C)O. The van der Waals surface area contributed by atoms with Gasteiger partial charge in [0.05, 0.1) is 47.1 Å². The first kappa shape index (κ1) is 54.5. The Bertz CT molecular complexity index is 2020. The van der Waals surface area contributed by atoms with E-state index in [0.717, 1.165) is 0 Å². The number of aliphatic hydroxyl groups is 5. The normalized spacial score (nSPS) is 41.9. The number of aromatic nitrogens is 1. The third-order valence-electron chi connectivity index (χ3n) is 15.1. The molecule has 17 nitrogen and oxygen atoms in total. The van der Waals surface area contributed by atoms with Crippen molar-refractivity contribution in [1.82, 2.24) is 19.5 Å². The number of rotatable bonds is 11.